The maximum absolute atomic E-state index is 4.16. The molecule has 1 aromatic rings. The Morgan fingerprint density at radius 1 is 1.21 bits per heavy atom. The highest BCUT2D eigenvalue weighted by atomic mass is 15.3. The summed E-state index contributed by atoms with van der Waals surface area (Å²) in [5, 5.41) is 11.8. The SMILES string of the molecule is c1nnc2n1CCN(CCNCC1CCCCC1)C2. The fourth-order valence-corrected chi connectivity index (χ4v) is 3.24. The number of aromatic nitrogens is 3. The number of hydrogen-bond donors (Lipinski definition) is 1. The molecule has 0 amide bonds. The molecule has 3 rings (SSSR count). The summed E-state index contributed by atoms with van der Waals surface area (Å²) in [6.45, 7) is 6.54. The Hall–Kier alpha value is -0.940. The van der Waals surface area contributed by atoms with Crippen LogP contribution in [-0.4, -0.2) is 45.8 Å². The van der Waals surface area contributed by atoms with Crippen LogP contribution >= 0.6 is 0 Å². The van der Waals surface area contributed by atoms with Crippen molar-refractivity contribution in [2.45, 2.75) is 45.2 Å². The molecule has 1 fully saturated rings. The second-order valence-corrected chi connectivity index (χ2v) is 5.92. The third-order valence-electron chi connectivity index (χ3n) is 4.48. The van der Waals surface area contributed by atoms with Gasteiger partial charge in [-0.15, -0.1) is 10.2 Å². The largest absolute Gasteiger partial charge is 0.315 e. The van der Waals surface area contributed by atoms with E-state index in [9.17, 15) is 0 Å². The van der Waals surface area contributed by atoms with Crippen molar-refractivity contribution in [3.63, 3.8) is 0 Å². The Kier molecular flexibility index (Phi) is 4.45. The Morgan fingerprint density at radius 2 is 2.11 bits per heavy atom. The minimum absolute atomic E-state index is 0.929. The predicted molar refractivity (Wildman–Crippen MR) is 74.7 cm³/mol. The fourth-order valence-electron chi connectivity index (χ4n) is 3.24. The summed E-state index contributed by atoms with van der Waals surface area (Å²) in [6.07, 6.45) is 9.03. The first-order chi connectivity index (χ1) is 9.42. The van der Waals surface area contributed by atoms with E-state index in [1.54, 1.807) is 0 Å². The van der Waals surface area contributed by atoms with E-state index in [0.29, 0.717) is 0 Å². The normalized spacial score (nSPS) is 21.5. The lowest BCUT2D eigenvalue weighted by molar-refractivity contribution is 0.214. The van der Waals surface area contributed by atoms with E-state index >= 15 is 0 Å². The second kappa shape index (κ2) is 6.48. The average molecular weight is 263 g/mol. The minimum atomic E-state index is 0.929. The van der Waals surface area contributed by atoms with Crippen LogP contribution < -0.4 is 5.32 Å². The lowest BCUT2D eigenvalue weighted by Crippen LogP contribution is -2.39. The lowest BCUT2D eigenvalue weighted by Gasteiger charge is -2.27. The van der Waals surface area contributed by atoms with Crippen molar-refractivity contribution in [3.8, 4) is 0 Å². The third kappa shape index (κ3) is 3.54. The molecule has 2 heterocycles. The molecule has 5 heteroatoms. The summed E-state index contributed by atoms with van der Waals surface area (Å²) in [7, 11) is 0. The molecule has 19 heavy (non-hydrogen) atoms. The summed E-state index contributed by atoms with van der Waals surface area (Å²) in [5.74, 6) is 2.04. The van der Waals surface area contributed by atoms with Crippen LogP contribution in [-0.2, 0) is 13.1 Å². The van der Waals surface area contributed by atoms with Crippen molar-refractivity contribution in [3.05, 3.63) is 12.2 Å². The van der Waals surface area contributed by atoms with Crippen molar-refractivity contribution >= 4 is 0 Å². The Morgan fingerprint density at radius 3 is 3.00 bits per heavy atom. The molecule has 0 aromatic carbocycles. The van der Waals surface area contributed by atoms with Gasteiger partial charge in [0.25, 0.3) is 0 Å². The summed E-state index contributed by atoms with van der Waals surface area (Å²) >= 11 is 0. The predicted octanol–water partition coefficient (Wildman–Crippen LogP) is 1.26. The Balaban J connectivity index is 1.32. The van der Waals surface area contributed by atoms with Gasteiger partial charge in [-0.2, -0.15) is 0 Å². The topological polar surface area (TPSA) is 46.0 Å². The van der Waals surface area contributed by atoms with Gasteiger partial charge in [0.2, 0.25) is 0 Å². The molecule has 1 aliphatic carbocycles. The molecule has 0 bridgehead atoms. The van der Waals surface area contributed by atoms with Gasteiger partial charge < -0.3 is 9.88 Å². The van der Waals surface area contributed by atoms with Crippen LogP contribution in [0.25, 0.3) is 0 Å². The molecule has 106 valence electrons. The number of nitrogens with one attached hydrogen (secondary N) is 1. The minimum Gasteiger partial charge on any atom is -0.315 e. The molecular formula is C14H25N5. The van der Waals surface area contributed by atoms with Gasteiger partial charge in [0.05, 0.1) is 6.54 Å². The van der Waals surface area contributed by atoms with E-state index < -0.39 is 0 Å². The lowest BCUT2D eigenvalue weighted by atomic mass is 9.89. The van der Waals surface area contributed by atoms with E-state index in [1.807, 2.05) is 6.33 Å². The van der Waals surface area contributed by atoms with Crippen molar-refractivity contribution in [2.24, 2.45) is 5.92 Å². The smallest absolute Gasteiger partial charge is 0.147 e. The van der Waals surface area contributed by atoms with Gasteiger partial charge in [-0.05, 0) is 25.3 Å². The van der Waals surface area contributed by atoms with Crippen LogP contribution in [0.2, 0.25) is 0 Å². The molecule has 0 atom stereocenters. The summed E-state index contributed by atoms with van der Waals surface area (Å²) in [4.78, 5) is 2.47. The maximum Gasteiger partial charge on any atom is 0.147 e. The maximum atomic E-state index is 4.16. The van der Waals surface area contributed by atoms with E-state index in [4.69, 9.17) is 0 Å². The second-order valence-electron chi connectivity index (χ2n) is 5.92. The van der Waals surface area contributed by atoms with Gasteiger partial charge in [0.1, 0.15) is 12.2 Å². The molecule has 5 nitrogen and oxygen atoms in total. The monoisotopic (exact) mass is 263 g/mol. The molecular weight excluding hydrogens is 238 g/mol. The fraction of sp³-hybridized carbons (Fsp3) is 0.857. The zero-order valence-corrected chi connectivity index (χ0v) is 11.7. The molecule has 1 saturated carbocycles. The molecule has 1 aliphatic heterocycles. The van der Waals surface area contributed by atoms with Crippen molar-refractivity contribution < 1.29 is 0 Å². The first-order valence-corrected chi connectivity index (χ1v) is 7.71. The van der Waals surface area contributed by atoms with Crippen LogP contribution in [0.1, 0.15) is 37.9 Å². The van der Waals surface area contributed by atoms with Gasteiger partial charge in [0.15, 0.2) is 0 Å². The molecule has 0 radical (unpaired) electrons. The molecule has 0 unspecified atom stereocenters. The van der Waals surface area contributed by atoms with E-state index in [1.165, 1.54) is 38.6 Å². The van der Waals surface area contributed by atoms with Crippen LogP contribution in [0, 0.1) is 5.92 Å². The molecule has 0 spiro atoms. The van der Waals surface area contributed by atoms with Gasteiger partial charge in [-0.25, -0.2) is 0 Å². The Bertz CT molecular complexity index is 383. The molecule has 0 saturated heterocycles. The van der Waals surface area contributed by atoms with Crippen molar-refractivity contribution in [1.29, 1.82) is 0 Å². The highest BCUT2D eigenvalue weighted by molar-refractivity contribution is 4.89. The van der Waals surface area contributed by atoms with E-state index in [-0.39, 0.29) is 0 Å². The quantitative estimate of drug-likeness (QED) is 0.813. The highest BCUT2D eigenvalue weighted by Gasteiger charge is 2.17. The third-order valence-corrected chi connectivity index (χ3v) is 4.48. The first kappa shape index (κ1) is 13.1. The van der Waals surface area contributed by atoms with Crippen LogP contribution in [0.4, 0.5) is 0 Å². The highest BCUT2D eigenvalue weighted by Crippen LogP contribution is 2.22. The van der Waals surface area contributed by atoms with Crippen molar-refractivity contribution in [2.75, 3.05) is 26.2 Å². The molecule has 1 N–H and O–H groups in total. The zero-order chi connectivity index (χ0) is 12.9. The summed E-state index contributed by atoms with van der Waals surface area (Å²) < 4.78 is 2.16. The zero-order valence-electron chi connectivity index (χ0n) is 11.7. The van der Waals surface area contributed by atoms with Gasteiger partial charge >= 0.3 is 0 Å². The molecule has 1 aromatic heterocycles. The Labute approximate surface area is 115 Å². The van der Waals surface area contributed by atoms with Gasteiger partial charge in [0, 0.05) is 26.2 Å². The van der Waals surface area contributed by atoms with Gasteiger partial charge in [-0.3, -0.25) is 4.90 Å². The number of hydrogen-bond acceptors (Lipinski definition) is 4. The van der Waals surface area contributed by atoms with Crippen LogP contribution in [0.5, 0.6) is 0 Å². The van der Waals surface area contributed by atoms with E-state index in [0.717, 1.165) is 44.5 Å². The molecule has 2 aliphatic rings. The number of nitrogens with zero attached hydrogens (tertiary/aromatic N) is 4. The number of fused-ring (bicyclic) bond motifs is 1. The van der Waals surface area contributed by atoms with Crippen LogP contribution in [0.3, 0.4) is 0 Å². The first-order valence-electron chi connectivity index (χ1n) is 7.71. The number of rotatable bonds is 5. The van der Waals surface area contributed by atoms with Crippen LogP contribution in [0.15, 0.2) is 6.33 Å². The average Bonchev–Trinajstić information content (AvgIpc) is 2.92. The van der Waals surface area contributed by atoms with E-state index in [2.05, 4.69) is 25.0 Å². The van der Waals surface area contributed by atoms with Gasteiger partial charge in [-0.1, -0.05) is 19.3 Å². The summed E-state index contributed by atoms with van der Waals surface area (Å²) in [6, 6.07) is 0. The van der Waals surface area contributed by atoms with Crippen molar-refractivity contribution in [1.82, 2.24) is 25.0 Å². The summed E-state index contributed by atoms with van der Waals surface area (Å²) in [5.41, 5.74) is 0. The standard InChI is InChI=1S/C14H25N5/c1-2-4-13(5-3-1)10-15-6-7-18-8-9-19-12-16-17-14(19)11-18/h12-13,15H,1-11H2.